The van der Waals surface area contributed by atoms with Crippen LogP contribution in [0.15, 0.2) is 18.2 Å². The molecular formula is C11H14O4S. The van der Waals surface area contributed by atoms with Crippen molar-refractivity contribution in [2.45, 2.75) is 18.9 Å². The van der Waals surface area contributed by atoms with Crippen LogP contribution in [0.4, 0.5) is 0 Å². The highest BCUT2D eigenvalue weighted by atomic mass is 32.2. The van der Waals surface area contributed by atoms with Crippen LogP contribution < -0.4 is 4.74 Å². The summed E-state index contributed by atoms with van der Waals surface area (Å²) in [4.78, 5) is 0. The van der Waals surface area contributed by atoms with Crippen LogP contribution in [0, 0.1) is 0 Å². The first-order chi connectivity index (χ1) is 7.49. The van der Waals surface area contributed by atoms with E-state index < -0.39 is 10.1 Å². The Hall–Kier alpha value is -1.07. The van der Waals surface area contributed by atoms with Crippen molar-refractivity contribution < 1.29 is 17.3 Å². The summed E-state index contributed by atoms with van der Waals surface area (Å²) < 4.78 is 32.4. The normalized spacial score (nSPS) is 19.5. The van der Waals surface area contributed by atoms with E-state index in [1.54, 1.807) is 7.11 Å². The second-order valence-corrected chi connectivity index (χ2v) is 5.49. The van der Waals surface area contributed by atoms with Crippen LogP contribution >= 0.6 is 0 Å². The Morgan fingerprint density at radius 3 is 2.75 bits per heavy atom. The first-order valence-electron chi connectivity index (χ1n) is 5.04. The number of methoxy groups -OCH3 is 1. The van der Waals surface area contributed by atoms with Gasteiger partial charge in [-0.05, 0) is 36.1 Å². The molecule has 1 aromatic carbocycles. The zero-order valence-electron chi connectivity index (χ0n) is 9.26. The van der Waals surface area contributed by atoms with E-state index >= 15 is 0 Å². The van der Waals surface area contributed by atoms with Gasteiger partial charge in [-0.15, -0.1) is 0 Å². The van der Waals surface area contributed by atoms with Gasteiger partial charge in [0, 0.05) is 0 Å². The average Bonchev–Trinajstić information content (AvgIpc) is 2.58. The van der Waals surface area contributed by atoms with Crippen LogP contribution in [0.25, 0.3) is 0 Å². The van der Waals surface area contributed by atoms with Crippen molar-refractivity contribution in [1.29, 1.82) is 0 Å². The van der Waals surface area contributed by atoms with Crippen LogP contribution in [0.5, 0.6) is 5.75 Å². The molecule has 0 saturated heterocycles. The molecule has 16 heavy (non-hydrogen) atoms. The van der Waals surface area contributed by atoms with Gasteiger partial charge in [0.05, 0.1) is 13.4 Å². The van der Waals surface area contributed by atoms with E-state index in [0.29, 0.717) is 6.42 Å². The molecule has 1 aromatic rings. The fraction of sp³-hybridized carbons (Fsp3) is 0.455. The summed E-state index contributed by atoms with van der Waals surface area (Å²) in [5.74, 6) is 0.725. The zero-order valence-corrected chi connectivity index (χ0v) is 10.1. The number of fused-ring (bicyclic) bond motifs is 1. The third kappa shape index (κ3) is 2.36. The van der Waals surface area contributed by atoms with Crippen LogP contribution in [-0.4, -0.2) is 21.8 Å². The molecule has 0 radical (unpaired) electrons. The zero-order chi connectivity index (χ0) is 11.8. The number of hydrogen-bond donors (Lipinski definition) is 0. The lowest BCUT2D eigenvalue weighted by atomic mass is 10.1. The maximum Gasteiger partial charge on any atom is 0.264 e. The Balaban J connectivity index is 2.31. The van der Waals surface area contributed by atoms with Crippen LogP contribution in [0.2, 0.25) is 0 Å². The van der Waals surface area contributed by atoms with Crippen molar-refractivity contribution >= 4 is 10.1 Å². The summed E-state index contributed by atoms with van der Waals surface area (Å²) in [5.41, 5.74) is 2.05. The van der Waals surface area contributed by atoms with Crippen LogP contribution in [0.3, 0.4) is 0 Å². The lowest BCUT2D eigenvalue weighted by Gasteiger charge is -2.11. The van der Waals surface area contributed by atoms with Crippen molar-refractivity contribution in [2.24, 2.45) is 0 Å². The molecule has 2 rings (SSSR count). The van der Waals surface area contributed by atoms with Gasteiger partial charge in [0.1, 0.15) is 11.9 Å². The lowest BCUT2D eigenvalue weighted by molar-refractivity contribution is 0.217. The molecule has 0 fully saturated rings. The molecule has 88 valence electrons. The van der Waals surface area contributed by atoms with Gasteiger partial charge < -0.3 is 4.74 Å². The topological polar surface area (TPSA) is 52.6 Å². The first-order valence-corrected chi connectivity index (χ1v) is 6.86. The predicted molar refractivity (Wildman–Crippen MR) is 60.0 cm³/mol. The molecule has 0 aromatic heterocycles. The van der Waals surface area contributed by atoms with E-state index in [1.165, 1.54) is 0 Å². The van der Waals surface area contributed by atoms with Gasteiger partial charge in [-0.3, -0.25) is 4.18 Å². The van der Waals surface area contributed by atoms with E-state index in [2.05, 4.69) is 0 Å². The van der Waals surface area contributed by atoms with E-state index in [0.717, 1.165) is 29.6 Å². The number of hydrogen-bond acceptors (Lipinski definition) is 4. The quantitative estimate of drug-likeness (QED) is 0.756. The molecule has 1 aliphatic rings. The maximum absolute atomic E-state index is 11.1. The molecule has 0 spiro atoms. The summed E-state index contributed by atoms with van der Waals surface area (Å²) in [7, 11) is -1.82. The molecule has 5 heteroatoms. The Morgan fingerprint density at radius 2 is 2.12 bits per heavy atom. The summed E-state index contributed by atoms with van der Waals surface area (Å²) in [6, 6.07) is 5.68. The SMILES string of the molecule is COc1ccc2c(c1)C(OS(C)(=O)=O)CC2. The fourth-order valence-electron chi connectivity index (χ4n) is 1.98. The molecule has 0 N–H and O–H groups in total. The second kappa shape index (κ2) is 4.07. The minimum absolute atomic E-state index is 0.361. The summed E-state index contributed by atoms with van der Waals surface area (Å²) in [6.45, 7) is 0. The summed E-state index contributed by atoms with van der Waals surface area (Å²) >= 11 is 0. The molecule has 0 saturated carbocycles. The number of ether oxygens (including phenoxy) is 1. The van der Waals surface area contributed by atoms with Crippen molar-refractivity contribution in [3.05, 3.63) is 29.3 Å². The fourth-order valence-corrected chi connectivity index (χ4v) is 2.60. The van der Waals surface area contributed by atoms with Crippen LogP contribution in [0.1, 0.15) is 23.7 Å². The van der Waals surface area contributed by atoms with Crippen molar-refractivity contribution in [2.75, 3.05) is 13.4 Å². The molecule has 1 atom stereocenters. The van der Waals surface area contributed by atoms with Crippen molar-refractivity contribution in [1.82, 2.24) is 0 Å². The van der Waals surface area contributed by atoms with E-state index in [1.807, 2.05) is 18.2 Å². The largest absolute Gasteiger partial charge is 0.497 e. The molecule has 0 amide bonds. The molecule has 0 bridgehead atoms. The third-order valence-electron chi connectivity index (χ3n) is 2.67. The average molecular weight is 242 g/mol. The van der Waals surface area contributed by atoms with Gasteiger partial charge in [0.25, 0.3) is 10.1 Å². The highest BCUT2D eigenvalue weighted by Crippen LogP contribution is 2.36. The standard InChI is InChI=1S/C11H14O4S/c1-14-9-5-3-8-4-6-11(10(8)7-9)15-16(2,12)13/h3,5,7,11H,4,6H2,1-2H3. The van der Waals surface area contributed by atoms with Gasteiger partial charge in [0.2, 0.25) is 0 Å². The van der Waals surface area contributed by atoms with E-state index in [9.17, 15) is 8.42 Å². The smallest absolute Gasteiger partial charge is 0.264 e. The Kier molecular flexibility index (Phi) is 2.90. The predicted octanol–water partition coefficient (Wildman–Crippen LogP) is 1.66. The Labute approximate surface area is 95.3 Å². The lowest BCUT2D eigenvalue weighted by Crippen LogP contribution is -2.07. The van der Waals surface area contributed by atoms with Gasteiger partial charge >= 0.3 is 0 Å². The maximum atomic E-state index is 11.1. The highest BCUT2D eigenvalue weighted by molar-refractivity contribution is 7.86. The summed E-state index contributed by atoms with van der Waals surface area (Å²) in [5, 5.41) is 0. The van der Waals surface area contributed by atoms with Gasteiger partial charge in [0.15, 0.2) is 0 Å². The second-order valence-electron chi connectivity index (χ2n) is 3.89. The number of rotatable bonds is 3. The van der Waals surface area contributed by atoms with Gasteiger partial charge in [-0.1, -0.05) is 6.07 Å². The van der Waals surface area contributed by atoms with Crippen molar-refractivity contribution in [3.63, 3.8) is 0 Å². The third-order valence-corrected chi connectivity index (χ3v) is 3.25. The highest BCUT2D eigenvalue weighted by Gasteiger charge is 2.26. The molecule has 4 nitrogen and oxygen atoms in total. The Bertz CT molecular complexity index is 493. The monoisotopic (exact) mass is 242 g/mol. The minimum atomic E-state index is -3.41. The first kappa shape index (κ1) is 11.4. The molecule has 0 heterocycles. The molecular weight excluding hydrogens is 228 g/mol. The molecule has 0 aliphatic heterocycles. The number of aryl methyl sites for hydroxylation is 1. The summed E-state index contributed by atoms with van der Waals surface area (Å²) in [6.07, 6.45) is 2.26. The van der Waals surface area contributed by atoms with E-state index in [-0.39, 0.29) is 6.10 Å². The van der Waals surface area contributed by atoms with Crippen molar-refractivity contribution in [3.8, 4) is 5.75 Å². The van der Waals surface area contributed by atoms with Gasteiger partial charge in [-0.2, -0.15) is 8.42 Å². The molecule has 1 aliphatic carbocycles. The minimum Gasteiger partial charge on any atom is -0.497 e. The van der Waals surface area contributed by atoms with Crippen LogP contribution in [-0.2, 0) is 20.7 Å². The van der Waals surface area contributed by atoms with Gasteiger partial charge in [-0.25, -0.2) is 0 Å². The van der Waals surface area contributed by atoms with E-state index in [4.69, 9.17) is 8.92 Å². The number of benzene rings is 1. The Morgan fingerprint density at radius 1 is 1.38 bits per heavy atom. The molecule has 1 unspecified atom stereocenters.